The predicted octanol–water partition coefficient (Wildman–Crippen LogP) is 0.106. The molecule has 0 spiro atoms. The van der Waals surface area contributed by atoms with E-state index in [0.717, 1.165) is 0 Å². The van der Waals surface area contributed by atoms with E-state index < -0.39 is 11.1 Å². The Morgan fingerprint density at radius 3 is 1.12 bits per heavy atom. The quantitative estimate of drug-likeness (QED) is 0.242. The molecule has 6 nitrogen and oxygen atoms in total. The first-order chi connectivity index (χ1) is 6.09. The molecule has 8 heteroatoms. The summed E-state index contributed by atoms with van der Waals surface area (Å²) in [5.41, 5.74) is 8.96. The molecule has 0 aliphatic carbocycles. The van der Waals surface area contributed by atoms with Gasteiger partial charge in [0.05, 0.1) is 0 Å². The molecule has 0 bridgehead atoms. The maximum absolute atomic E-state index is 7.25. The Kier molecular flexibility index (Phi) is 10.6. The molecule has 0 aliphatic rings. The molecule has 0 atom stereocenters. The second-order valence-electron chi connectivity index (χ2n) is 4.15. The zero-order valence-corrected chi connectivity index (χ0v) is 15.0. The summed E-state index contributed by atoms with van der Waals surface area (Å²) in [4.78, 5) is 0. The number of amidine groups is 2. The molecule has 0 aromatic rings. The van der Waals surface area contributed by atoms with Crippen LogP contribution in [-0.2, 0) is 0 Å². The Hall–Kier alpha value is 0.540. The van der Waals surface area contributed by atoms with E-state index in [1.54, 1.807) is 27.7 Å². The molecule has 0 aromatic heterocycles. The summed E-state index contributed by atoms with van der Waals surface area (Å²) in [7, 11) is 0. The molecule has 0 fully saturated rings. The first-order valence-electron chi connectivity index (χ1n) is 4.22. The molecule has 0 aromatic carbocycles. The largest absolute Gasteiger partial charge is 0.386 e. The van der Waals surface area contributed by atoms with Crippen molar-refractivity contribution in [2.75, 3.05) is 0 Å². The normalized spacial score (nSPS) is 11.5. The number of nitrogens with zero attached hydrogens (tertiary/aromatic N) is 2. The van der Waals surface area contributed by atoms with Crippen molar-refractivity contribution >= 4 is 70.8 Å². The van der Waals surface area contributed by atoms with Gasteiger partial charge in [-0.15, -0.1) is 0 Å². The molecular formula is C8H18N6Na2. The Morgan fingerprint density at radius 1 is 0.812 bits per heavy atom. The zero-order valence-electron chi connectivity index (χ0n) is 11.0. The van der Waals surface area contributed by atoms with E-state index in [9.17, 15) is 0 Å². The number of hydrogen-bond donors (Lipinski definition) is 4. The average Bonchev–Trinajstić information content (AvgIpc) is 2.01. The summed E-state index contributed by atoms with van der Waals surface area (Å²) >= 11 is 0. The first-order valence-corrected chi connectivity index (χ1v) is 4.22. The van der Waals surface area contributed by atoms with Crippen LogP contribution < -0.4 is 11.5 Å². The van der Waals surface area contributed by atoms with Crippen LogP contribution in [0.25, 0.3) is 0 Å². The summed E-state index contributed by atoms with van der Waals surface area (Å²) in [6, 6.07) is 0. The third-order valence-corrected chi connectivity index (χ3v) is 1.87. The molecule has 0 unspecified atom stereocenters. The summed E-state index contributed by atoms with van der Waals surface area (Å²) in [5, 5.41) is 22.3. The minimum atomic E-state index is -0.841. The van der Waals surface area contributed by atoms with Gasteiger partial charge in [0.25, 0.3) is 0 Å². The Bertz CT molecular complexity index is 256. The number of nitrogens with one attached hydrogen (secondary N) is 2. The third kappa shape index (κ3) is 6.98. The minimum absolute atomic E-state index is 0. The molecule has 0 saturated heterocycles. The molecule has 0 aliphatic heterocycles. The fourth-order valence-electron chi connectivity index (χ4n) is 0.358. The van der Waals surface area contributed by atoms with Gasteiger partial charge in [0.1, 0.15) is 22.7 Å². The van der Waals surface area contributed by atoms with Crippen LogP contribution in [0.4, 0.5) is 0 Å². The van der Waals surface area contributed by atoms with Gasteiger partial charge in [-0.3, -0.25) is 10.8 Å². The van der Waals surface area contributed by atoms with Gasteiger partial charge in [0.15, 0.2) is 0 Å². The molecule has 82 valence electrons. The average molecular weight is 244 g/mol. The van der Waals surface area contributed by atoms with Crippen molar-refractivity contribution < 1.29 is 0 Å². The summed E-state index contributed by atoms with van der Waals surface area (Å²) < 4.78 is 0. The van der Waals surface area contributed by atoms with Gasteiger partial charge < -0.3 is 11.5 Å². The van der Waals surface area contributed by atoms with Gasteiger partial charge in [-0.2, -0.15) is 10.2 Å². The molecule has 0 rings (SSSR count). The van der Waals surface area contributed by atoms with Crippen LogP contribution in [0.5, 0.6) is 0 Å². The van der Waals surface area contributed by atoms with Gasteiger partial charge in [0.2, 0.25) is 0 Å². The standard InChI is InChI=1S/C8H18N6.2Na/c1-7(2,5(9)10)13-14-8(3,4)6(11)12;;/h1-4H3,(H3,9,10)(H3,11,12);;. The second-order valence-corrected chi connectivity index (χ2v) is 4.15. The molecule has 16 heavy (non-hydrogen) atoms. The van der Waals surface area contributed by atoms with Crippen LogP contribution in [-0.4, -0.2) is 81.9 Å². The fraction of sp³-hybridized carbons (Fsp3) is 0.750. The number of hydrogen-bond acceptors (Lipinski definition) is 4. The number of nitrogens with two attached hydrogens (primary N) is 2. The van der Waals surface area contributed by atoms with Crippen molar-refractivity contribution in [2.45, 2.75) is 38.8 Å². The van der Waals surface area contributed by atoms with Crippen molar-refractivity contribution in [1.82, 2.24) is 0 Å². The van der Waals surface area contributed by atoms with Crippen molar-refractivity contribution in [3.8, 4) is 0 Å². The number of azo groups is 1. The monoisotopic (exact) mass is 244 g/mol. The van der Waals surface area contributed by atoms with E-state index >= 15 is 0 Å². The van der Waals surface area contributed by atoms with Crippen molar-refractivity contribution in [1.29, 1.82) is 10.8 Å². The summed E-state index contributed by atoms with van der Waals surface area (Å²) in [6.07, 6.45) is 0. The molecular weight excluding hydrogens is 226 g/mol. The zero-order chi connectivity index (χ0) is 11.6. The van der Waals surface area contributed by atoms with Gasteiger partial charge in [0, 0.05) is 59.1 Å². The van der Waals surface area contributed by atoms with Crippen LogP contribution in [0.3, 0.4) is 0 Å². The summed E-state index contributed by atoms with van der Waals surface area (Å²) in [6.45, 7) is 6.70. The van der Waals surface area contributed by atoms with Crippen LogP contribution >= 0.6 is 0 Å². The Balaban J connectivity index is -0.000000845. The van der Waals surface area contributed by atoms with Crippen LogP contribution in [0.15, 0.2) is 10.2 Å². The van der Waals surface area contributed by atoms with Gasteiger partial charge in [-0.05, 0) is 27.7 Å². The van der Waals surface area contributed by atoms with Gasteiger partial charge >= 0.3 is 0 Å². The maximum Gasteiger partial charge on any atom is 0.132 e. The topological polar surface area (TPSA) is 124 Å². The molecule has 2 radical (unpaired) electrons. The van der Waals surface area contributed by atoms with Gasteiger partial charge in [-0.1, -0.05) is 0 Å². The van der Waals surface area contributed by atoms with Gasteiger partial charge in [-0.25, -0.2) is 0 Å². The molecule has 0 saturated carbocycles. The molecule has 6 N–H and O–H groups in total. The molecule has 0 amide bonds. The number of rotatable bonds is 4. The smallest absolute Gasteiger partial charge is 0.132 e. The van der Waals surface area contributed by atoms with Crippen LogP contribution in [0.2, 0.25) is 0 Å². The Labute approximate surface area is 141 Å². The van der Waals surface area contributed by atoms with E-state index in [1.165, 1.54) is 0 Å². The minimum Gasteiger partial charge on any atom is -0.386 e. The van der Waals surface area contributed by atoms with E-state index in [1.807, 2.05) is 0 Å². The first kappa shape index (κ1) is 21.8. The third-order valence-electron chi connectivity index (χ3n) is 1.87. The second kappa shape index (κ2) is 7.79. The summed E-state index contributed by atoms with van der Waals surface area (Å²) in [5.74, 6) is -0.138. The van der Waals surface area contributed by atoms with Crippen molar-refractivity contribution in [2.24, 2.45) is 21.7 Å². The fourth-order valence-corrected chi connectivity index (χ4v) is 0.358. The Morgan fingerprint density at radius 2 is 1.00 bits per heavy atom. The van der Waals surface area contributed by atoms with Crippen LogP contribution in [0, 0.1) is 10.8 Å². The van der Waals surface area contributed by atoms with E-state index in [4.69, 9.17) is 22.3 Å². The van der Waals surface area contributed by atoms with E-state index in [0.29, 0.717) is 0 Å². The SMILES string of the molecule is CC(C)(N=NC(C)(C)C(=N)N)C(=N)N.[Na].[Na]. The van der Waals surface area contributed by atoms with Crippen LogP contribution in [0.1, 0.15) is 27.7 Å². The van der Waals surface area contributed by atoms with E-state index in [2.05, 4.69) is 10.2 Å². The maximum atomic E-state index is 7.25. The van der Waals surface area contributed by atoms with Crippen molar-refractivity contribution in [3.63, 3.8) is 0 Å². The predicted molar refractivity (Wildman–Crippen MR) is 68.4 cm³/mol. The van der Waals surface area contributed by atoms with E-state index in [-0.39, 0.29) is 70.8 Å². The van der Waals surface area contributed by atoms with Crippen molar-refractivity contribution in [3.05, 3.63) is 0 Å². The molecule has 0 heterocycles.